The summed E-state index contributed by atoms with van der Waals surface area (Å²) in [5, 5.41) is 16.8. The molecule has 5 aromatic heterocycles. The van der Waals surface area contributed by atoms with Gasteiger partial charge in [-0.3, -0.25) is 49.2 Å². The van der Waals surface area contributed by atoms with Gasteiger partial charge in [0, 0.05) is 93.5 Å². The third-order valence-electron chi connectivity index (χ3n) is 14.3. The Hall–Kier alpha value is -7.20. The minimum absolute atomic E-state index is 0.0590. The number of rotatable bonds is 10. The molecular formula is C47H45F3N14O4S. The van der Waals surface area contributed by atoms with Crippen LogP contribution < -0.4 is 20.4 Å². The number of hydrogen-bond acceptors (Lipinski definition) is 12. The van der Waals surface area contributed by atoms with E-state index in [1.165, 1.54) is 42.8 Å². The van der Waals surface area contributed by atoms with Gasteiger partial charge in [0.2, 0.25) is 11.8 Å². The molecule has 0 bridgehead atoms. The molecule has 4 saturated heterocycles. The number of aryl methyl sites for hydroxylation is 2. The summed E-state index contributed by atoms with van der Waals surface area (Å²) in [5.74, 6) is -5.35. The summed E-state index contributed by atoms with van der Waals surface area (Å²) in [6.45, 7) is 3.24. The lowest BCUT2D eigenvalue weighted by Gasteiger charge is -2.61. The van der Waals surface area contributed by atoms with E-state index in [-0.39, 0.29) is 60.3 Å². The van der Waals surface area contributed by atoms with E-state index >= 15 is 13.2 Å². The van der Waals surface area contributed by atoms with Gasteiger partial charge >= 0.3 is 6.03 Å². The Kier molecular flexibility index (Phi) is 10.1. The lowest BCUT2D eigenvalue weighted by atomic mass is 9.72. The van der Waals surface area contributed by atoms with Crippen LogP contribution in [0, 0.1) is 11.2 Å². The molecule has 354 valence electrons. The van der Waals surface area contributed by atoms with Crippen LogP contribution in [0.5, 0.6) is 0 Å². The number of fused-ring (bicyclic) bond motifs is 3. The minimum Gasteiger partial charge on any atom is -0.370 e. The van der Waals surface area contributed by atoms with Crippen LogP contribution in [0.4, 0.5) is 34.6 Å². The number of likely N-dealkylation sites (tertiary alicyclic amines) is 2. The highest BCUT2D eigenvalue weighted by atomic mass is 32.1. The summed E-state index contributed by atoms with van der Waals surface area (Å²) in [6.07, 6.45) is 8.30. The molecule has 18 nitrogen and oxygen atoms in total. The van der Waals surface area contributed by atoms with Crippen molar-refractivity contribution in [2.45, 2.75) is 50.1 Å². The highest BCUT2D eigenvalue weighted by molar-refractivity contribution is 7.13. The van der Waals surface area contributed by atoms with E-state index in [4.69, 9.17) is 5.10 Å². The van der Waals surface area contributed by atoms with Gasteiger partial charge in [0.1, 0.15) is 11.3 Å². The molecule has 1 spiro atoms. The smallest absolute Gasteiger partial charge is 0.329 e. The lowest BCUT2D eigenvalue weighted by molar-refractivity contribution is -0.149. The predicted octanol–water partition coefficient (Wildman–Crippen LogP) is 5.17. The van der Waals surface area contributed by atoms with Crippen LogP contribution in [-0.4, -0.2) is 131 Å². The van der Waals surface area contributed by atoms with Gasteiger partial charge in [-0.2, -0.15) is 10.2 Å². The summed E-state index contributed by atoms with van der Waals surface area (Å²) in [6, 6.07) is 11.3. The topological polar surface area (TPSA) is 185 Å². The first-order valence-corrected chi connectivity index (χ1v) is 23.8. The number of piperidine rings is 1. The number of urea groups is 1. The molecule has 12 rings (SSSR count). The maximum Gasteiger partial charge on any atom is 0.329 e. The van der Waals surface area contributed by atoms with Gasteiger partial charge in [0.25, 0.3) is 11.8 Å². The fraction of sp³-hybridized carbons (Fsp3) is 0.383. The summed E-state index contributed by atoms with van der Waals surface area (Å²) in [5.41, 5.74) is 5.56. The molecule has 5 aliphatic heterocycles. The first-order valence-electron chi connectivity index (χ1n) is 22.9. The first kappa shape index (κ1) is 43.1. The summed E-state index contributed by atoms with van der Waals surface area (Å²) in [4.78, 5) is 71.4. The number of imide groups is 1. The monoisotopic (exact) mass is 958 g/mol. The van der Waals surface area contributed by atoms with E-state index in [1.54, 1.807) is 42.1 Å². The fourth-order valence-corrected chi connectivity index (χ4v) is 11.4. The van der Waals surface area contributed by atoms with Crippen molar-refractivity contribution in [1.29, 1.82) is 0 Å². The molecule has 0 aliphatic carbocycles. The number of benzene rings is 2. The van der Waals surface area contributed by atoms with Crippen molar-refractivity contribution >= 4 is 73.7 Å². The number of nitrogens with zero attached hydrogens (tertiary/aromatic N) is 12. The van der Waals surface area contributed by atoms with Crippen LogP contribution >= 0.6 is 11.3 Å². The Balaban J connectivity index is 0.657. The number of carbonyl (C=O) groups excluding carboxylic acids is 4. The third kappa shape index (κ3) is 7.56. The molecule has 10 heterocycles. The third-order valence-corrected chi connectivity index (χ3v) is 15.0. The van der Waals surface area contributed by atoms with Crippen LogP contribution in [0.2, 0.25) is 0 Å². The zero-order valence-electron chi connectivity index (χ0n) is 37.3. The van der Waals surface area contributed by atoms with Gasteiger partial charge in [0.15, 0.2) is 17.0 Å². The Morgan fingerprint density at radius 2 is 1.78 bits per heavy atom. The fourth-order valence-electron chi connectivity index (χ4n) is 10.8. The summed E-state index contributed by atoms with van der Waals surface area (Å²) >= 11 is 1.30. The maximum absolute atomic E-state index is 15.9. The van der Waals surface area contributed by atoms with Crippen LogP contribution in [-0.2, 0) is 34.4 Å². The van der Waals surface area contributed by atoms with Crippen molar-refractivity contribution in [3.05, 3.63) is 95.5 Å². The van der Waals surface area contributed by atoms with Gasteiger partial charge in [-0.1, -0.05) is 12.1 Å². The van der Waals surface area contributed by atoms with Gasteiger partial charge in [-0.05, 0) is 72.8 Å². The average Bonchev–Trinajstić information content (AvgIpc) is 4.15. The normalized spacial score (nSPS) is 20.3. The predicted molar refractivity (Wildman–Crippen MR) is 249 cm³/mol. The van der Waals surface area contributed by atoms with Crippen LogP contribution in [0.3, 0.4) is 0 Å². The Morgan fingerprint density at radius 1 is 0.957 bits per heavy atom. The van der Waals surface area contributed by atoms with Crippen molar-refractivity contribution in [1.82, 2.24) is 54.2 Å². The number of thiazole rings is 1. The summed E-state index contributed by atoms with van der Waals surface area (Å²) < 4.78 is 52.6. The van der Waals surface area contributed by atoms with E-state index in [9.17, 15) is 19.2 Å². The number of alkyl halides is 2. The van der Waals surface area contributed by atoms with E-state index in [2.05, 4.69) is 35.6 Å². The van der Waals surface area contributed by atoms with Gasteiger partial charge < -0.3 is 14.4 Å². The first-order chi connectivity index (χ1) is 33.3. The Bertz CT molecular complexity index is 3210. The molecule has 0 radical (unpaired) electrons. The quantitative estimate of drug-likeness (QED) is 0.184. The Morgan fingerprint density at radius 3 is 2.55 bits per heavy atom. The lowest BCUT2D eigenvalue weighted by Crippen LogP contribution is -2.73. The van der Waals surface area contributed by atoms with Crippen molar-refractivity contribution in [3.8, 4) is 11.1 Å². The molecule has 2 aromatic carbocycles. The van der Waals surface area contributed by atoms with E-state index in [1.807, 2.05) is 34.9 Å². The number of pyridine rings is 1. The molecule has 2 N–H and O–H groups in total. The number of hydrogen-bond donors (Lipinski definition) is 2. The number of halogens is 3. The average molecular weight is 959 g/mol. The number of nitrogens with one attached hydrogen (secondary N) is 2. The van der Waals surface area contributed by atoms with Crippen molar-refractivity contribution in [2.24, 2.45) is 12.5 Å². The molecule has 2 unspecified atom stereocenters. The SMILES string of the molecule is Cn1nc(N2CCC(=O)NC2=O)c2ncc(C3CCN(CC(=O)N4CC5(C4)CN(c4ccc(-c6cc(F)c7cn(C(C(=O)Nc8nccs8)c8ncn9c8CCC9)nc7c6)cc4)C5)CC3(F)F)cc21. The molecule has 0 saturated carbocycles. The second-order valence-corrected chi connectivity index (χ2v) is 19.8. The second kappa shape index (κ2) is 16.2. The number of carbonyl (C=O) groups is 4. The summed E-state index contributed by atoms with van der Waals surface area (Å²) in [7, 11) is 1.65. The molecule has 5 amide bonds. The molecule has 4 fully saturated rings. The van der Waals surface area contributed by atoms with Crippen LogP contribution in [0.25, 0.3) is 33.1 Å². The number of imidazole rings is 1. The highest BCUT2D eigenvalue weighted by Gasteiger charge is 2.54. The van der Waals surface area contributed by atoms with Crippen LogP contribution in [0.1, 0.15) is 48.2 Å². The molecular weight excluding hydrogens is 914 g/mol. The van der Waals surface area contributed by atoms with Crippen molar-refractivity contribution in [2.75, 3.05) is 67.5 Å². The van der Waals surface area contributed by atoms with Gasteiger partial charge in [0.05, 0.1) is 47.4 Å². The number of aromatic nitrogens is 8. The zero-order valence-corrected chi connectivity index (χ0v) is 38.1. The molecule has 5 aliphatic rings. The largest absolute Gasteiger partial charge is 0.370 e. The van der Waals surface area contributed by atoms with E-state index < -0.39 is 36.3 Å². The zero-order chi connectivity index (χ0) is 47.3. The molecule has 2 atom stereocenters. The second-order valence-electron chi connectivity index (χ2n) is 18.9. The van der Waals surface area contributed by atoms with E-state index in [0.717, 1.165) is 49.4 Å². The minimum atomic E-state index is -3.13. The van der Waals surface area contributed by atoms with Gasteiger partial charge in [-0.25, -0.2) is 27.9 Å². The molecule has 69 heavy (non-hydrogen) atoms. The van der Waals surface area contributed by atoms with Crippen molar-refractivity contribution in [3.63, 3.8) is 0 Å². The molecule has 7 aromatic rings. The highest BCUT2D eigenvalue weighted by Crippen LogP contribution is 2.44. The standard InChI is InChI=1S/C47H45F3N14O4S/c1-58-36-17-29(18-52-40(36)42(57-58)63-13-9-37(65)54-45(63)68)32-8-12-59(25-47(32,49)50)20-38(66)62-23-46(24-62)21-61(22-46)30-6-4-27(5-7-30)28-15-33(48)31-19-64(56-34(31)16-28)41(43(67)55-44-51-10-14-69-44)39-35-3-2-11-60(35)26-53-39/h4-7,10,14-19,26,32,41H,2-3,8-9,11-13,20-25H2,1H3,(H,51,55,67)(H,54,65,68). The van der Waals surface area contributed by atoms with E-state index in [0.29, 0.717) is 58.1 Å². The van der Waals surface area contributed by atoms with Crippen molar-refractivity contribution < 1.29 is 32.3 Å². The maximum atomic E-state index is 15.9. The number of amides is 5. The molecule has 22 heteroatoms. The Labute approximate surface area is 395 Å². The van der Waals surface area contributed by atoms with Crippen LogP contribution in [0.15, 0.2) is 72.8 Å². The number of anilines is 3. The van der Waals surface area contributed by atoms with Gasteiger partial charge in [-0.15, -0.1) is 11.3 Å².